The molecule has 2 aromatic heterocycles. The molecule has 1 aliphatic rings. The van der Waals surface area contributed by atoms with Crippen LogP contribution in [0.15, 0.2) is 18.3 Å². The zero-order valence-corrected chi connectivity index (χ0v) is 12.2. The summed E-state index contributed by atoms with van der Waals surface area (Å²) in [5.74, 6) is 1.64. The van der Waals surface area contributed by atoms with E-state index >= 15 is 0 Å². The summed E-state index contributed by atoms with van der Waals surface area (Å²) >= 11 is 0. The second kappa shape index (κ2) is 5.25. The van der Waals surface area contributed by atoms with Crippen LogP contribution in [0.25, 0.3) is 0 Å². The van der Waals surface area contributed by atoms with Crippen molar-refractivity contribution < 1.29 is 4.74 Å². The van der Waals surface area contributed by atoms with Crippen LogP contribution in [-0.4, -0.2) is 20.8 Å². The minimum atomic E-state index is 0.684. The lowest BCUT2D eigenvalue weighted by atomic mass is 10.3. The van der Waals surface area contributed by atoms with E-state index < -0.39 is 0 Å². The van der Waals surface area contributed by atoms with Gasteiger partial charge in [-0.3, -0.25) is 9.67 Å². The number of pyridine rings is 1. The van der Waals surface area contributed by atoms with Gasteiger partial charge in [-0.25, -0.2) is 0 Å². The summed E-state index contributed by atoms with van der Waals surface area (Å²) in [6, 6.07) is 4.55. The van der Waals surface area contributed by atoms with E-state index in [0.29, 0.717) is 6.04 Å². The second-order valence-electron chi connectivity index (χ2n) is 5.36. The Morgan fingerprint density at radius 2 is 2.20 bits per heavy atom. The summed E-state index contributed by atoms with van der Waals surface area (Å²) < 4.78 is 7.81. The highest BCUT2D eigenvalue weighted by molar-refractivity contribution is 5.37. The van der Waals surface area contributed by atoms with Crippen molar-refractivity contribution in [2.24, 2.45) is 7.05 Å². The summed E-state index contributed by atoms with van der Waals surface area (Å²) in [4.78, 5) is 4.37. The van der Waals surface area contributed by atoms with Gasteiger partial charge in [0.15, 0.2) is 5.75 Å². The number of nitrogens with zero attached hydrogens (tertiary/aromatic N) is 3. The highest BCUT2D eigenvalue weighted by Gasteiger charge is 2.20. The molecule has 1 saturated carbocycles. The third-order valence-electron chi connectivity index (χ3n) is 3.60. The maximum Gasteiger partial charge on any atom is 0.171 e. The predicted molar refractivity (Wildman–Crippen MR) is 76.9 cm³/mol. The molecule has 1 aliphatic carbocycles. The van der Waals surface area contributed by atoms with Gasteiger partial charge in [0.25, 0.3) is 0 Å². The Morgan fingerprint density at radius 3 is 2.85 bits per heavy atom. The molecule has 1 fully saturated rings. The SMILES string of the molecule is Cc1nn(C)c(C)c1Oc1ccnc(CNC2CC2)c1. The first-order valence-corrected chi connectivity index (χ1v) is 7.00. The number of nitrogens with one attached hydrogen (secondary N) is 1. The van der Waals surface area contributed by atoms with Crippen molar-refractivity contribution in [3.63, 3.8) is 0 Å². The highest BCUT2D eigenvalue weighted by atomic mass is 16.5. The highest BCUT2D eigenvalue weighted by Crippen LogP contribution is 2.28. The van der Waals surface area contributed by atoms with E-state index in [1.54, 1.807) is 6.20 Å². The van der Waals surface area contributed by atoms with Crippen molar-refractivity contribution in [2.45, 2.75) is 39.3 Å². The molecule has 0 atom stereocenters. The molecule has 0 aromatic carbocycles. The molecule has 0 aliphatic heterocycles. The topological polar surface area (TPSA) is 52.0 Å². The maximum atomic E-state index is 5.97. The van der Waals surface area contributed by atoms with Crippen molar-refractivity contribution in [3.8, 4) is 11.5 Å². The third-order valence-corrected chi connectivity index (χ3v) is 3.60. The molecular weight excluding hydrogens is 252 g/mol. The molecule has 0 unspecified atom stereocenters. The van der Waals surface area contributed by atoms with Crippen LogP contribution in [0.5, 0.6) is 11.5 Å². The first-order valence-electron chi connectivity index (χ1n) is 7.00. The third kappa shape index (κ3) is 2.82. The zero-order valence-electron chi connectivity index (χ0n) is 12.2. The standard InChI is InChI=1S/C15H20N4O/c1-10-15(11(2)19(3)18-10)20-14-6-7-16-13(8-14)9-17-12-4-5-12/h6-8,12,17H,4-5,9H2,1-3H3. The number of ether oxygens (including phenoxy) is 1. The fourth-order valence-electron chi connectivity index (χ4n) is 2.17. The lowest BCUT2D eigenvalue weighted by Gasteiger charge is -2.08. The average molecular weight is 272 g/mol. The Kier molecular flexibility index (Phi) is 3.44. The van der Waals surface area contributed by atoms with Gasteiger partial charge in [0.05, 0.1) is 11.4 Å². The molecule has 0 spiro atoms. The molecule has 0 radical (unpaired) electrons. The van der Waals surface area contributed by atoms with E-state index in [-0.39, 0.29) is 0 Å². The van der Waals surface area contributed by atoms with Gasteiger partial charge < -0.3 is 10.1 Å². The van der Waals surface area contributed by atoms with Crippen LogP contribution >= 0.6 is 0 Å². The molecular formula is C15H20N4O. The smallest absolute Gasteiger partial charge is 0.171 e. The number of aromatic nitrogens is 3. The molecule has 2 heterocycles. The lowest BCUT2D eigenvalue weighted by molar-refractivity contribution is 0.472. The largest absolute Gasteiger partial charge is 0.453 e. The molecule has 106 valence electrons. The molecule has 5 heteroatoms. The lowest BCUT2D eigenvalue weighted by Crippen LogP contribution is -2.16. The average Bonchev–Trinajstić information content (AvgIpc) is 3.22. The summed E-state index contributed by atoms with van der Waals surface area (Å²) in [5.41, 5.74) is 2.94. The van der Waals surface area contributed by atoms with Crippen LogP contribution < -0.4 is 10.1 Å². The van der Waals surface area contributed by atoms with E-state index in [9.17, 15) is 0 Å². The molecule has 5 nitrogen and oxygen atoms in total. The Labute approximate surface area is 119 Å². The van der Waals surface area contributed by atoms with Crippen molar-refractivity contribution >= 4 is 0 Å². The van der Waals surface area contributed by atoms with E-state index in [1.165, 1.54) is 12.8 Å². The Morgan fingerprint density at radius 1 is 1.40 bits per heavy atom. The quantitative estimate of drug-likeness (QED) is 0.908. The monoisotopic (exact) mass is 272 g/mol. The van der Waals surface area contributed by atoms with Crippen LogP contribution in [0, 0.1) is 13.8 Å². The van der Waals surface area contributed by atoms with Crippen molar-refractivity contribution in [2.75, 3.05) is 0 Å². The van der Waals surface area contributed by atoms with E-state index in [1.807, 2.05) is 37.7 Å². The molecule has 0 saturated heterocycles. The van der Waals surface area contributed by atoms with Gasteiger partial charge >= 0.3 is 0 Å². The molecule has 2 aromatic rings. The van der Waals surface area contributed by atoms with Gasteiger partial charge in [0.2, 0.25) is 0 Å². The first-order chi connectivity index (χ1) is 9.63. The van der Waals surface area contributed by atoms with E-state index in [4.69, 9.17) is 4.74 Å². The first kappa shape index (κ1) is 13.1. The van der Waals surface area contributed by atoms with Crippen LogP contribution in [0.1, 0.15) is 29.9 Å². The van der Waals surface area contributed by atoms with Crippen molar-refractivity contribution in [3.05, 3.63) is 35.4 Å². The van der Waals surface area contributed by atoms with Crippen molar-refractivity contribution in [1.29, 1.82) is 0 Å². The van der Waals surface area contributed by atoms with Crippen molar-refractivity contribution in [1.82, 2.24) is 20.1 Å². The van der Waals surface area contributed by atoms with Gasteiger partial charge in [-0.05, 0) is 32.8 Å². The van der Waals surface area contributed by atoms with Crippen LogP contribution in [0.3, 0.4) is 0 Å². The number of hydrogen-bond acceptors (Lipinski definition) is 4. The molecule has 0 amide bonds. The normalized spacial score (nSPS) is 14.6. The minimum absolute atomic E-state index is 0.684. The molecule has 3 rings (SSSR count). The Balaban J connectivity index is 1.74. The number of hydrogen-bond donors (Lipinski definition) is 1. The Bertz CT molecular complexity index is 616. The summed E-state index contributed by atoms with van der Waals surface area (Å²) in [7, 11) is 1.92. The van der Waals surface area contributed by atoms with Gasteiger partial charge in [-0.2, -0.15) is 5.10 Å². The fraction of sp³-hybridized carbons (Fsp3) is 0.467. The fourth-order valence-corrected chi connectivity index (χ4v) is 2.17. The van der Waals surface area contributed by atoms with Crippen LogP contribution in [0.2, 0.25) is 0 Å². The molecule has 0 bridgehead atoms. The second-order valence-corrected chi connectivity index (χ2v) is 5.36. The van der Waals surface area contributed by atoms with Crippen LogP contribution in [-0.2, 0) is 13.6 Å². The van der Waals surface area contributed by atoms with Crippen LogP contribution in [0.4, 0.5) is 0 Å². The summed E-state index contributed by atoms with van der Waals surface area (Å²) in [6.45, 7) is 4.76. The molecule has 1 N–H and O–H groups in total. The zero-order chi connectivity index (χ0) is 14.1. The number of rotatable bonds is 5. The van der Waals surface area contributed by atoms with Gasteiger partial charge in [0.1, 0.15) is 11.4 Å². The van der Waals surface area contributed by atoms with Gasteiger partial charge in [0, 0.05) is 31.9 Å². The summed E-state index contributed by atoms with van der Waals surface area (Å²) in [5, 5.41) is 7.82. The van der Waals surface area contributed by atoms with E-state index in [2.05, 4.69) is 15.4 Å². The van der Waals surface area contributed by atoms with Gasteiger partial charge in [-0.1, -0.05) is 0 Å². The number of aryl methyl sites for hydroxylation is 2. The molecule has 20 heavy (non-hydrogen) atoms. The minimum Gasteiger partial charge on any atom is -0.453 e. The predicted octanol–water partition coefficient (Wildman–Crippen LogP) is 2.48. The summed E-state index contributed by atoms with van der Waals surface area (Å²) in [6.07, 6.45) is 4.36. The van der Waals surface area contributed by atoms with E-state index in [0.717, 1.165) is 35.1 Å². The van der Waals surface area contributed by atoms with Gasteiger partial charge in [-0.15, -0.1) is 0 Å². The maximum absolute atomic E-state index is 5.97. The Hall–Kier alpha value is -1.88.